The lowest BCUT2D eigenvalue weighted by molar-refractivity contribution is -0.134. The Hall–Kier alpha value is -2.08. The second-order valence-electron chi connectivity index (χ2n) is 5.58. The van der Waals surface area contributed by atoms with E-state index < -0.39 is 0 Å². The molecular weight excluding hydrogens is 270 g/mol. The lowest BCUT2D eigenvalue weighted by Gasteiger charge is -2.31. The van der Waals surface area contributed by atoms with E-state index in [1.807, 2.05) is 12.1 Å². The topological polar surface area (TPSA) is 78.3 Å². The van der Waals surface area contributed by atoms with E-state index in [1.165, 1.54) is 4.68 Å². The first kappa shape index (κ1) is 13.9. The molecule has 0 radical (unpaired) electrons. The van der Waals surface area contributed by atoms with E-state index in [2.05, 4.69) is 5.10 Å². The molecule has 112 valence electrons. The highest BCUT2D eigenvalue weighted by Crippen LogP contribution is 2.16. The van der Waals surface area contributed by atoms with Gasteiger partial charge in [-0.15, -0.1) is 0 Å². The number of aliphatic hydroxyl groups is 1. The van der Waals surface area contributed by atoms with Crippen LogP contribution in [0.1, 0.15) is 12.8 Å². The summed E-state index contributed by atoms with van der Waals surface area (Å²) in [7, 11) is 0. The molecule has 3 rings (SSSR count). The zero-order valence-corrected chi connectivity index (χ0v) is 11.8. The fourth-order valence-electron chi connectivity index (χ4n) is 2.90. The first-order chi connectivity index (χ1) is 10.2. The number of nitrogens with one attached hydrogen (secondary N) is 1. The van der Waals surface area contributed by atoms with Crippen LogP contribution < -0.4 is 5.56 Å². The van der Waals surface area contributed by atoms with E-state index in [-0.39, 0.29) is 30.5 Å². The number of benzene rings is 1. The van der Waals surface area contributed by atoms with E-state index in [9.17, 15) is 14.7 Å². The second-order valence-corrected chi connectivity index (χ2v) is 5.58. The summed E-state index contributed by atoms with van der Waals surface area (Å²) in [6, 6.07) is 7.22. The molecule has 0 bridgehead atoms. The third kappa shape index (κ3) is 2.71. The SMILES string of the molecule is O=C(Cn1[nH]c2ccccc2c1=O)N1CCC[C@@H](CO)C1. The van der Waals surface area contributed by atoms with Gasteiger partial charge in [0, 0.05) is 19.7 Å². The Kier molecular flexibility index (Phi) is 3.79. The number of carbonyl (C=O) groups excluding carboxylic acids is 1. The molecule has 1 fully saturated rings. The Balaban J connectivity index is 1.77. The molecule has 6 nitrogen and oxygen atoms in total. The molecule has 1 atom stereocenters. The highest BCUT2D eigenvalue weighted by Gasteiger charge is 2.23. The van der Waals surface area contributed by atoms with Gasteiger partial charge in [-0.3, -0.25) is 14.7 Å². The number of H-pyrrole nitrogens is 1. The zero-order valence-electron chi connectivity index (χ0n) is 11.8. The molecule has 2 aromatic rings. The van der Waals surface area contributed by atoms with Gasteiger partial charge in [0.2, 0.25) is 5.91 Å². The zero-order chi connectivity index (χ0) is 14.8. The van der Waals surface area contributed by atoms with E-state index in [0.29, 0.717) is 18.5 Å². The Labute approximate surface area is 122 Å². The van der Waals surface area contributed by atoms with Crippen LogP contribution in [0, 0.1) is 5.92 Å². The first-order valence-electron chi connectivity index (χ1n) is 7.25. The maximum absolute atomic E-state index is 12.3. The molecule has 1 aromatic heterocycles. The van der Waals surface area contributed by atoms with Crippen molar-refractivity contribution in [3.05, 3.63) is 34.6 Å². The van der Waals surface area contributed by atoms with Gasteiger partial charge >= 0.3 is 0 Å². The molecule has 1 saturated heterocycles. The Morgan fingerprint density at radius 2 is 2.19 bits per heavy atom. The van der Waals surface area contributed by atoms with Crippen LogP contribution in [-0.2, 0) is 11.3 Å². The summed E-state index contributed by atoms with van der Waals surface area (Å²) in [4.78, 5) is 26.2. The summed E-state index contributed by atoms with van der Waals surface area (Å²) >= 11 is 0. The van der Waals surface area contributed by atoms with Gasteiger partial charge in [-0.05, 0) is 30.9 Å². The highest BCUT2D eigenvalue weighted by molar-refractivity contribution is 5.79. The van der Waals surface area contributed by atoms with Crippen LogP contribution >= 0.6 is 0 Å². The predicted octanol–water partition coefficient (Wildman–Crippen LogP) is 0.560. The van der Waals surface area contributed by atoms with Crippen molar-refractivity contribution in [2.24, 2.45) is 5.92 Å². The van der Waals surface area contributed by atoms with Crippen LogP contribution in [0.5, 0.6) is 0 Å². The number of aromatic amines is 1. The third-order valence-electron chi connectivity index (χ3n) is 4.08. The van der Waals surface area contributed by atoms with Gasteiger partial charge in [0.15, 0.2) is 0 Å². The minimum atomic E-state index is -0.172. The number of rotatable bonds is 3. The molecule has 1 aliphatic rings. The summed E-state index contributed by atoms with van der Waals surface area (Å²) in [5, 5.41) is 12.8. The van der Waals surface area contributed by atoms with Gasteiger partial charge in [-0.25, -0.2) is 4.68 Å². The van der Waals surface area contributed by atoms with Crippen molar-refractivity contribution in [2.45, 2.75) is 19.4 Å². The van der Waals surface area contributed by atoms with Gasteiger partial charge in [0.05, 0.1) is 10.9 Å². The van der Waals surface area contributed by atoms with Crippen molar-refractivity contribution in [2.75, 3.05) is 19.7 Å². The first-order valence-corrected chi connectivity index (χ1v) is 7.25. The molecule has 2 N–H and O–H groups in total. The lowest BCUT2D eigenvalue weighted by atomic mass is 9.99. The van der Waals surface area contributed by atoms with Crippen molar-refractivity contribution in [3.8, 4) is 0 Å². The fourth-order valence-corrected chi connectivity index (χ4v) is 2.90. The van der Waals surface area contributed by atoms with Crippen LogP contribution in [0.25, 0.3) is 10.9 Å². The highest BCUT2D eigenvalue weighted by atomic mass is 16.3. The quantitative estimate of drug-likeness (QED) is 0.866. The van der Waals surface area contributed by atoms with Crippen molar-refractivity contribution >= 4 is 16.8 Å². The minimum Gasteiger partial charge on any atom is -0.396 e. The van der Waals surface area contributed by atoms with E-state index in [4.69, 9.17) is 0 Å². The number of hydrogen-bond acceptors (Lipinski definition) is 3. The minimum absolute atomic E-state index is 0.0195. The summed E-state index contributed by atoms with van der Waals surface area (Å²) in [5.41, 5.74) is 0.567. The summed E-state index contributed by atoms with van der Waals surface area (Å²) in [5.74, 6) is 0.0731. The Bertz CT molecular complexity index is 703. The Morgan fingerprint density at radius 3 is 2.95 bits per heavy atom. The van der Waals surface area contributed by atoms with Crippen LogP contribution in [0.15, 0.2) is 29.1 Å². The molecule has 0 saturated carbocycles. The average Bonchev–Trinajstić information content (AvgIpc) is 2.84. The molecule has 2 heterocycles. The van der Waals surface area contributed by atoms with Crippen LogP contribution in [0.2, 0.25) is 0 Å². The number of aliphatic hydroxyl groups excluding tert-OH is 1. The standard InChI is InChI=1S/C15H19N3O3/c19-10-11-4-3-7-17(8-11)14(20)9-18-15(21)12-5-1-2-6-13(12)16-18/h1-2,5-6,11,16,19H,3-4,7-10H2/t11-/m1/s1. The molecule has 0 unspecified atom stereocenters. The predicted molar refractivity (Wildman–Crippen MR) is 78.9 cm³/mol. The molecule has 0 aliphatic carbocycles. The summed E-state index contributed by atoms with van der Waals surface area (Å²) < 4.78 is 1.36. The normalized spacial score (nSPS) is 19.1. The molecule has 21 heavy (non-hydrogen) atoms. The van der Waals surface area contributed by atoms with Crippen molar-refractivity contribution in [3.63, 3.8) is 0 Å². The number of piperidine rings is 1. The smallest absolute Gasteiger partial charge is 0.274 e. The molecule has 1 aromatic carbocycles. The van der Waals surface area contributed by atoms with Crippen molar-refractivity contribution < 1.29 is 9.90 Å². The van der Waals surface area contributed by atoms with Gasteiger partial charge < -0.3 is 10.0 Å². The Morgan fingerprint density at radius 1 is 1.38 bits per heavy atom. The summed E-state index contributed by atoms with van der Waals surface area (Å²) in [6.07, 6.45) is 1.85. The number of carbonyl (C=O) groups is 1. The number of aromatic nitrogens is 2. The van der Waals surface area contributed by atoms with Crippen molar-refractivity contribution in [1.82, 2.24) is 14.7 Å². The number of para-hydroxylation sites is 1. The van der Waals surface area contributed by atoms with Crippen molar-refractivity contribution in [1.29, 1.82) is 0 Å². The van der Waals surface area contributed by atoms with E-state index in [1.54, 1.807) is 17.0 Å². The monoisotopic (exact) mass is 289 g/mol. The fraction of sp³-hybridized carbons (Fsp3) is 0.467. The van der Waals surface area contributed by atoms with Gasteiger partial charge in [0.25, 0.3) is 5.56 Å². The largest absolute Gasteiger partial charge is 0.396 e. The number of likely N-dealkylation sites (tertiary alicyclic amines) is 1. The summed E-state index contributed by atoms with van der Waals surface area (Å²) in [6.45, 7) is 1.40. The molecule has 1 aliphatic heterocycles. The third-order valence-corrected chi connectivity index (χ3v) is 4.08. The maximum atomic E-state index is 12.3. The second kappa shape index (κ2) is 5.73. The van der Waals surface area contributed by atoms with Gasteiger partial charge in [0.1, 0.15) is 6.54 Å². The molecule has 1 amide bonds. The van der Waals surface area contributed by atoms with Crippen LogP contribution in [0.4, 0.5) is 0 Å². The molecule has 0 spiro atoms. The van der Waals surface area contributed by atoms with E-state index in [0.717, 1.165) is 18.4 Å². The van der Waals surface area contributed by atoms with Gasteiger partial charge in [-0.2, -0.15) is 0 Å². The number of fused-ring (bicyclic) bond motifs is 1. The molecular formula is C15H19N3O3. The number of nitrogens with zero attached hydrogens (tertiary/aromatic N) is 2. The number of hydrogen-bond donors (Lipinski definition) is 2. The van der Waals surface area contributed by atoms with Crippen LogP contribution in [0.3, 0.4) is 0 Å². The maximum Gasteiger partial charge on any atom is 0.274 e. The number of amides is 1. The van der Waals surface area contributed by atoms with Gasteiger partial charge in [-0.1, -0.05) is 12.1 Å². The van der Waals surface area contributed by atoms with Crippen LogP contribution in [-0.4, -0.2) is 45.4 Å². The average molecular weight is 289 g/mol. The van der Waals surface area contributed by atoms with E-state index >= 15 is 0 Å². The molecule has 6 heteroatoms. The lowest BCUT2D eigenvalue weighted by Crippen LogP contribution is -2.43.